The van der Waals surface area contributed by atoms with Crippen molar-refractivity contribution in [1.82, 2.24) is 5.32 Å². The molecule has 100 valence electrons. The summed E-state index contributed by atoms with van der Waals surface area (Å²) in [4.78, 5) is 0. The molecule has 3 nitrogen and oxygen atoms in total. The molecule has 1 unspecified atom stereocenters. The van der Waals surface area contributed by atoms with Crippen LogP contribution < -0.4 is 14.8 Å². The maximum absolute atomic E-state index is 5.59. The van der Waals surface area contributed by atoms with Crippen LogP contribution in [0.4, 0.5) is 0 Å². The van der Waals surface area contributed by atoms with E-state index in [4.69, 9.17) is 9.47 Å². The van der Waals surface area contributed by atoms with Gasteiger partial charge in [0.1, 0.15) is 0 Å². The van der Waals surface area contributed by atoms with Gasteiger partial charge >= 0.3 is 0 Å². The molecule has 0 aromatic heterocycles. The van der Waals surface area contributed by atoms with Gasteiger partial charge in [0.15, 0.2) is 11.5 Å². The van der Waals surface area contributed by atoms with E-state index < -0.39 is 0 Å². The molecule has 18 heavy (non-hydrogen) atoms. The van der Waals surface area contributed by atoms with Crippen LogP contribution in [0, 0.1) is 6.92 Å². The van der Waals surface area contributed by atoms with Crippen molar-refractivity contribution in [2.24, 2.45) is 0 Å². The third kappa shape index (κ3) is 2.12. The van der Waals surface area contributed by atoms with Gasteiger partial charge in [-0.1, -0.05) is 15.9 Å². The Morgan fingerprint density at radius 2 is 2.06 bits per heavy atom. The Kier molecular flexibility index (Phi) is 3.87. The lowest BCUT2D eigenvalue weighted by molar-refractivity contribution is 0.332. The molecular formula is C14H20BrNO2. The molecule has 1 fully saturated rings. The highest BCUT2D eigenvalue weighted by molar-refractivity contribution is 9.10. The van der Waals surface area contributed by atoms with Crippen molar-refractivity contribution in [1.29, 1.82) is 0 Å². The van der Waals surface area contributed by atoms with E-state index in [1.807, 2.05) is 6.07 Å². The highest BCUT2D eigenvalue weighted by Crippen LogP contribution is 2.46. The summed E-state index contributed by atoms with van der Waals surface area (Å²) >= 11 is 3.70. The first-order valence-electron chi connectivity index (χ1n) is 6.20. The van der Waals surface area contributed by atoms with Gasteiger partial charge in [0.2, 0.25) is 0 Å². The van der Waals surface area contributed by atoms with Gasteiger partial charge in [-0.2, -0.15) is 0 Å². The third-order valence-electron chi connectivity index (χ3n) is 3.71. The fourth-order valence-corrected chi connectivity index (χ4v) is 3.43. The summed E-state index contributed by atoms with van der Waals surface area (Å²) in [5.41, 5.74) is 2.28. The fraction of sp³-hybridized carbons (Fsp3) is 0.571. The zero-order valence-corrected chi connectivity index (χ0v) is 13.0. The smallest absolute Gasteiger partial charge is 0.166 e. The lowest BCUT2D eigenvalue weighted by Gasteiger charge is -2.30. The van der Waals surface area contributed by atoms with Crippen molar-refractivity contribution in [2.45, 2.75) is 32.2 Å². The quantitative estimate of drug-likeness (QED) is 0.928. The number of halogens is 1. The Morgan fingerprint density at radius 1 is 1.33 bits per heavy atom. The van der Waals surface area contributed by atoms with Crippen LogP contribution in [0.1, 0.15) is 30.9 Å². The molecule has 0 radical (unpaired) electrons. The average Bonchev–Trinajstić information content (AvgIpc) is 2.79. The second-order valence-corrected chi connectivity index (χ2v) is 5.77. The standard InChI is InChI=1S/C14H20BrNO2/c1-9-8-10(17-3)13(18-4)11(12(9)15)14(2)6-5-7-16-14/h8,16H,5-7H2,1-4H3. The number of ether oxygens (including phenoxy) is 2. The molecule has 0 bridgehead atoms. The monoisotopic (exact) mass is 313 g/mol. The first-order valence-corrected chi connectivity index (χ1v) is 6.99. The van der Waals surface area contributed by atoms with E-state index in [-0.39, 0.29) is 5.54 Å². The summed E-state index contributed by atoms with van der Waals surface area (Å²) in [6.07, 6.45) is 2.29. The van der Waals surface area contributed by atoms with Crippen molar-refractivity contribution in [3.05, 3.63) is 21.7 Å². The summed E-state index contributed by atoms with van der Waals surface area (Å²) < 4.78 is 12.1. The van der Waals surface area contributed by atoms with Gasteiger partial charge in [0, 0.05) is 15.6 Å². The second-order valence-electron chi connectivity index (χ2n) is 4.98. The van der Waals surface area contributed by atoms with Crippen LogP contribution >= 0.6 is 15.9 Å². The van der Waals surface area contributed by atoms with E-state index in [0.717, 1.165) is 34.5 Å². The van der Waals surface area contributed by atoms with Crippen LogP contribution in [0.15, 0.2) is 10.5 Å². The summed E-state index contributed by atoms with van der Waals surface area (Å²) in [6, 6.07) is 2.00. The highest BCUT2D eigenvalue weighted by Gasteiger charge is 2.36. The maximum Gasteiger partial charge on any atom is 0.166 e. The molecule has 0 spiro atoms. The largest absolute Gasteiger partial charge is 0.493 e. The van der Waals surface area contributed by atoms with Gasteiger partial charge in [-0.15, -0.1) is 0 Å². The van der Waals surface area contributed by atoms with Crippen LogP contribution in [0.5, 0.6) is 11.5 Å². The van der Waals surface area contributed by atoms with Crippen molar-refractivity contribution in [2.75, 3.05) is 20.8 Å². The van der Waals surface area contributed by atoms with Gasteiger partial charge < -0.3 is 14.8 Å². The molecule has 1 N–H and O–H groups in total. The summed E-state index contributed by atoms with van der Waals surface area (Å²) in [5.74, 6) is 1.62. The summed E-state index contributed by atoms with van der Waals surface area (Å²) in [6.45, 7) is 5.34. The summed E-state index contributed by atoms with van der Waals surface area (Å²) in [7, 11) is 3.38. The van der Waals surface area contributed by atoms with Gasteiger partial charge in [-0.3, -0.25) is 0 Å². The van der Waals surface area contributed by atoms with Gasteiger partial charge in [0.25, 0.3) is 0 Å². The molecule has 1 aliphatic heterocycles. The predicted molar refractivity (Wildman–Crippen MR) is 76.6 cm³/mol. The normalized spacial score (nSPS) is 23.2. The van der Waals surface area contributed by atoms with E-state index in [1.165, 1.54) is 12.0 Å². The van der Waals surface area contributed by atoms with E-state index in [0.29, 0.717) is 0 Å². The number of benzene rings is 1. The molecule has 1 aromatic rings. The zero-order chi connectivity index (χ0) is 13.3. The molecule has 4 heteroatoms. The second kappa shape index (κ2) is 5.10. The van der Waals surface area contributed by atoms with Crippen molar-refractivity contribution in [3.63, 3.8) is 0 Å². The number of nitrogens with one attached hydrogen (secondary N) is 1. The van der Waals surface area contributed by atoms with Gasteiger partial charge in [-0.25, -0.2) is 0 Å². The third-order valence-corrected chi connectivity index (χ3v) is 4.73. The average molecular weight is 314 g/mol. The molecule has 0 saturated carbocycles. The fourth-order valence-electron chi connectivity index (χ4n) is 2.70. The summed E-state index contributed by atoms with van der Waals surface area (Å²) in [5, 5.41) is 3.58. The van der Waals surface area contributed by atoms with Gasteiger partial charge in [-0.05, 0) is 44.9 Å². The SMILES string of the molecule is COc1cc(C)c(Br)c(C2(C)CCCN2)c1OC. The van der Waals surface area contributed by atoms with E-state index in [2.05, 4.69) is 35.1 Å². The predicted octanol–water partition coefficient (Wildman–Crippen LogP) is 3.37. The Bertz CT molecular complexity index is 454. The lowest BCUT2D eigenvalue weighted by atomic mass is 9.88. The Morgan fingerprint density at radius 3 is 2.56 bits per heavy atom. The molecule has 1 heterocycles. The highest BCUT2D eigenvalue weighted by atomic mass is 79.9. The van der Waals surface area contributed by atoms with Crippen LogP contribution in [0.2, 0.25) is 0 Å². The van der Waals surface area contributed by atoms with Crippen molar-refractivity contribution < 1.29 is 9.47 Å². The zero-order valence-electron chi connectivity index (χ0n) is 11.4. The number of hydrogen-bond acceptors (Lipinski definition) is 3. The number of aryl methyl sites for hydroxylation is 1. The molecule has 1 saturated heterocycles. The Balaban J connectivity index is 2.66. The molecule has 1 aromatic carbocycles. The molecule has 1 aliphatic rings. The molecule has 2 rings (SSSR count). The number of hydrogen-bond donors (Lipinski definition) is 1. The topological polar surface area (TPSA) is 30.5 Å². The first-order chi connectivity index (χ1) is 8.53. The Hall–Kier alpha value is -0.740. The lowest BCUT2D eigenvalue weighted by Crippen LogP contribution is -2.34. The van der Waals surface area contributed by atoms with E-state index in [9.17, 15) is 0 Å². The number of methoxy groups -OCH3 is 2. The van der Waals surface area contributed by atoms with Gasteiger partial charge in [0.05, 0.1) is 14.2 Å². The van der Waals surface area contributed by atoms with Crippen LogP contribution in [-0.4, -0.2) is 20.8 Å². The van der Waals surface area contributed by atoms with Crippen LogP contribution in [-0.2, 0) is 5.54 Å². The minimum absolute atomic E-state index is 0.0521. The minimum atomic E-state index is -0.0521. The van der Waals surface area contributed by atoms with Crippen LogP contribution in [0.3, 0.4) is 0 Å². The van der Waals surface area contributed by atoms with E-state index in [1.54, 1.807) is 14.2 Å². The minimum Gasteiger partial charge on any atom is -0.493 e. The van der Waals surface area contributed by atoms with Crippen molar-refractivity contribution >= 4 is 15.9 Å². The maximum atomic E-state index is 5.59. The first kappa shape index (κ1) is 13.7. The van der Waals surface area contributed by atoms with Crippen LogP contribution in [0.25, 0.3) is 0 Å². The van der Waals surface area contributed by atoms with Crippen molar-refractivity contribution in [3.8, 4) is 11.5 Å². The molecule has 1 atom stereocenters. The molecule has 0 aliphatic carbocycles. The molecular weight excluding hydrogens is 294 g/mol. The number of rotatable bonds is 3. The Labute approximate surface area is 117 Å². The molecule has 0 amide bonds. The van der Waals surface area contributed by atoms with E-state index >= 15 is 0 Å².